The summed E-state index contributed by atoms with van der Waals surface area (Å²) in [5, 5.41) is 5.50. The van der Waals surface area contributed by atoms with Crippen LogP contribution in [0.3, 0.4) is 0 Å². The van der Waals surface area contributed by atoms with Gasteiger partial charge in [-0.3, -0.25) is 9.59 Å². The van der Waals surface area contributed by atoms with Gasteiger partial charge in [-0.1, -0.05) is 19.9 Å². The van der Waals surface area contributed by atoms with E-state index < -0.39 is 29.1 Å². The molecule has 0 spiro atoms. The molecule has 0 aliphatic carbocycles. The second kappa shape index (κ2) is 8.33. The number of aromatic nitrogens is 2. The first-order valence-corrected chi connectivity index (χ1v) is 8.71. The Hall–Kier alpha value is -3.37. The highest BCUT2D eigenvalue weighted by atomic mass is 19.4. The van der Waals surface area contributed by atoms with Gasteiger partial charge in [0.2, 0.25) is 11.9 Å². The van der Waals surface area contributed by atoms with E-state index in [2.05, 4.69) is 20.6 Å². The number of amides is 2. The Bertz CT molecular complexity index is 913. The Labute approximate surface area is 164 Å². The summed E-state index contributed by atoms with van der Waals surface area (Å²) in [4.78, 5) is 31.7. The SMILES string of the molecule is CCC(CC)(Nc1ncc(C(N)=O)c(Nc2cccc(C(F)(F)F)c2)n1)C(N)=O. The summed E-state index contributed by atoms with van der Waals surface area (Å²) in [5.41, 5.74) is 8.71. The fourth-order valence-electron chi connectivity index (χ4n) is 2.68. The van der Waals surface area contributed by atoms with Crippen molar-refractivity contribution in [2.24, 2.45) is 11.5 Å². The minimum absolute atomic E-state index is 0.0352. The number of rotatable bonds is 8. The van der Waals surface area contributed by atoms with Crippen LogP contribution < -0.4 is 22.1 Å². The molecule has 2 aromatic rings. The Balaban J connectivity index is 2.44. The third kappa shape index (κ3) is 4.92. The number of halogens is 3. The van der Waals surface area contributed by atoms with Crippen molar-refractivity contribution >= 4 is 29.3 Å². The van der Waals surface area contributed by atoms with Crippen molar-refractivity contribution in [1.82, 2.24) is 9.97 Å². The predicted molar refractivity (Wildman–Crippen MR) is 101 cm³/mol. The Morgan fingerprint density at radius 1 is 1.14 bits per heavy atom. The first kappa shape index (κ1) is 21.9. The van der Waals surface area contributed by atoms with E-state index in [0.717, 1.165) is 18.3 Å². The number of hydrogen-bond donors (Lipinski definition) is 4. The number of anilines is 3. The zero-order valence-electron chi connectivity index (χ0n) is 15.8. The monoisotopic (exact) mass is 410 g/mol. The Kier molecular flexibility index (Phi) is 6.30. The highest BCUT2D eigenvalue weighted by Gasteiger charge is 2.34. The van der Waals surface area contributed by atoms with Crippen LogP contribution in [0, 0.1) is 0 Å². The molecule has 0 unspecified atom stereocenters. The molecule has 0 radical (unpaired) electrons. The quantitative estimate of drug-likeness (QED) is 0.528. The third-order valence-electron chi connectivity index (χ3n) is 4.54. The van der Waals surface area contributed by atoms with Gasteiger partial charge in [-0.2, -0.15) is 18.2 Å². The maximum Gasteiger partial charge on any atom is 0.416 e. The second-order valence-corrected chi connectivity index (χ2v) is 6.30. The van der Waals surface area contributed by atoms with Crippen LogP contribution in [0.1, 0.15) is 42.6 Å². The fourth-order valence-corrected chi connectivity index (χ4v) is 2.68. The van der Waals surface area contributed by atoms with Crippen molar-refractivity contribution < 1.29 is 22.8 Å². The van der Waals surface area contributed by atoms with Crippen molar-refractivity contribution in [3.63, 3.8) is 0 Å². The number of carbonyl (C=O) groups excluding carboxylic acids is 2. The van der Waals surface area contributed by atoms with Gasteiger partial charge in [0.05, 0.1) is 5.56 Å². The van der Waals surface area contributed by atoms with Crippen LogP contribution in [0.25, 0.3) is 0 Å². The molecule has 2 amide bonds. The molecule has 0 aliphatic rings. The normalized spacial score (nSPS) is 11.8. The van der Waals surface area contributed by atoms with Crippen LogP contribution in [-0.2, 0) is 11.0 Å². The summed E-state index contributed by atoms with van der Waals surface area (Å²) in [6.07, 6.45) is -2.73. The van der Waals surface area contributed by atoms with Gasteiger partial charge in [0.15, 0.2) is 0 Å². The molecule has 0 saturated carbocycles. The zero-order valence-corrected chi connectivity index (χ0v) is 15.8. The van der Waals surface area contributed by atoms with Gasteiger partial charge in [-0.25, -0.2) is 4.98 Å². The lowest BCUT2D eigenvalue weighted by Gasteiger charge is -2.29. The molecule has 6 N–H and O–H groups in total. The largest absolute Gasteiger partial charge is 0.416 e. The van der Waals surface area contributed by atoms with Gasteiger partial charge in [0.1, 0.15) is 16.9 Å². The maximum absolute atomic E-state index is 12.9. The lowest BCUT2D eigenvalue weighted by molar-refractivity contribution is -0.137. The molecule has 0 bridgehead atoms. The van der Waals surface area contributed by atoms with E-state index >= 15 is 0 Å². The average molecular weight is 410 g/mol. The number of benzene rings is 1. The molecule has 1 heterocycles. The van der Waals surface area contributed by atoms with Crippen LogP contribution in [0.15, 0.2) is 30.5 Å². The summed E-state index contributed by atoms with van der Waals surface area (Å²) < 4.78 is 38.8. The van der Waals surface area contributed by atoms with E-state index in [4.69, 9.17) is 11.5 Å². The summed E-state index contributed by atoms with van der Waals surface area (Å²) in [6.45, 7) is 3.50. The smallest absolute Gasteiger partial charge is 0.368 e. The van der Waals surface area contributed by atoms with Crippen molar-refractivity contribution in [3.8, 4) is 0 Å². The van der Waals surface area contributed by atoms with Crippen LogP contribution in [0.5, 0.6) is 0 Å². The number of nitrogens with one attached hydrogen (secondary N) is 2. The average Bonchev–Trinajstić information content (AvgIpc) is 2.65. The van der Waals surface area contributed by atoms with E-state index in [0.29, 0.717) is 12.8 Å². The molecule has 8 nitrogen and oxygen atoms in total. The zero-order chi connectivity index (χ0) is 21.8. The molecule has 1 aromatic heterocycles. The molecule has 11 heteroatoms. The number of alkyl halides is 3. The highest BCUT2D eigenvalue weighted by Crippen LogP contribution is 2.32. The fraction of sp³-hybridized carbons (Fsp3) is 0.333. The van der Waals surface area contributed by atoms with Crippen molar-refractivity contribution in [3.05, 3.63) is 41.6 Å². The molecule has 1 aromatic carbocycles. The number of nitrogens with zero attached hydrogens (tertiary/aromatic N) is 2. The number of carbonyl (C=O) groups is 2. The van der Waals surface area contributed by atoms with E-state index in [-0.39, 0.29) is 23.0 Å². The van der Waals surface area contributed by atoms with Gasteiger partial charge in [0, 0.05) is 11.9 Å². The van der Waals surface area contributed by atoms with Gasteiger partial charge in [-0.05, 0) is 31.0 Å². The molecule has 29 heavy (non-hydrogen) atoms. The summed E-state index contributed by atoms with van der Waals surface area (Å²) >= 11 is 0. The molecule has 0 fully saturated rings. The van der Waals surface area contributed by atoms with Crippen LogP contribution in [0.4, 0.5) is 30.6 Å². The van der Waals surface area contributed by atoms with Crippen molar-refractivity contribution in [1.29, 1.82) is 0 Å². The van der Waals surface area contributed by atoms with E-state index in [9.17, 15) is 22.8 Å². The van der Waals surface area contributed by atoms with Gasteiger partial charge in [0.25, 0.3) is 5.91 Å². The van der Waals surface area contributed by atoms with E-state index in [1.807, 2.05) is 0 Å². The summed E-state index contributed by atoms with van der Waals surface area (Å²) in [5.74, 6) is -1.64. The molecular weight excluding hydrogens is 389 g/mol. The number of hydrogen-bond acceptors (Lipinski definition) is 6. The molecule has 0 aliphatic heterocycles. The van der Waals surface area contributed by atoms with Crippen LogP contribution >= 0.6 is 0 Å². The van der Waals surface area contributed by atoms with Gasteiger partial charge >= 0.3 is 6.18 Å². The minimum Gasteiger partial charge on any atom is -0.368 e. The van der Waals surface area contributed by atoms with E-state index in [1.54, 1.807) is 13.8 Å². The van der Waals surface area contributed by atoms with Crippen molar-refractivity contribution in [2.45, 2.75) is 38.4 Å². The van der Waals surface area contributed by atoms with Gasteiger partial charge in [-0.15, -0.1) is 0 Å². The molecule has 0 saturated heterocycles. The Morgan fingerprint density at radius 3 is 2.31 bits per heavy atom. The second-order valence-electron chi connectivity index (χ2n) is 6.30. The van der Waals surface area contributed by atoms with Crippen LogP contribution in [-0.4, -0.2) is 27.3 Å². The highest BCUT2D eigenvalue weighted by molar-refractivity contribution is 5.98. The molecular formula is C18H21F3N6O2. The lowest BCUT2D eigenvalue weighted by Crippen LogP contribution is -2.50. The first-order chi connectivity index (χ1) is 13.5. The summed E-state index contributed by atoms with van der Waals surface area (Å²) in [7, 11) is 0. The summed E-state index contributed by atoms with van der Waals surface area (Å²) in [6, 6.07) is 4.37. The minimum atomic E-state index is -4.54. The number of primary amides is 2. The predicted octanol–water partition coefficient (Wildman–Crippen LogP) is 2.79. The topological polar surface area (TPSA) is 136 Å². The molecule has 156 valence electrons. The number of nitrogens with two attached hydrogens (primary N) is 2. The third-order valence-corrected chi connectivity index (χ3v) is 4.54. The van der Waals surface area contributed by atoms with Crippen molar-refractivity contribution in [2.75, 3.05) is 10.6 Å². The standard InChI is InChI=1S/C18H21F3N6O2/c1-3-17(4-2,15(23)29)27-16-24-9-12(13(22)28)14(26-16)25-11-7-5-6-10(8-11)18(19,20)21/h5-9H,3-4H2,1-2H3,(H2,22,28)(H2,23,29)(H2,24,25,26,27). The Morgan fingerprint density at radius 2 is 1.79 bits per heavy atom. The van der Waals surface area contributed by atoms with Gasteiger partial charge < -0.3 is 22.1 Å². The maximum atomic E-state index is 12.9. The van der Waals surface area contributed by atoms with E-state index in [1.165, 1.54) is 12.1 Å². The lowest BCUT2D eigenvalue weighted by atomic mass is 9.92. The van der Waals surface area contributed by atoms with Crippen LogP contribution in [0.2, 0.25) is 0 Å². The molecule has 2 rings (SSSR count). The molecule has 0 atom stereocenters. The first-order valence-electron chi connectivity index (χ1n) is 8.71.